The van der Waals surface area contributed by atoms with Crippen LogP contribution in [0.2, 0.25) is 0 Å². The summed E-state index contributed by atoms with van der Waals surface area (Å²) in [5.41, 5.74) is 0. The summed E-state index contributed by atoms with van der Waals surface area (Å²) in [4.78, 5) is 0. The largest absolute Gasteiger partial charge is 0.490 e. The van der Waals surface area contributed by atoms with Gasteiger partial charge in [-0.3, -0.25) is 0 Å². The van der Waals surface area contributed by atoms with Crippen molar-refractivity contribution in [3.05, 3.63) is 48.5 Å². The molecule has 3 rings (SSSR count). The van der Waals surface area contributed by atoms with Crippen molar-refractivity contribution in [2.45, 2.75) is 38.9 Å². The molecule has 2 atom stereocenters. The fourth-order valence-corrected chi connectivity index (χ4v) is 2.95. The van der Waals surface area contributed by atoms with Crippen LogP contribution in [0.25, 0.3) is 21.5 Å². The molecule has 0 aromatic heterocycles. The maximum Gasteiger partial charge on any atom is 0.135 e. The summed E-state index contributed by atoms with van der Waals surface area (Å²) in [7, 11) is 0. The molecule has 0 aliphatic heterocycles. The molecule has 0 aliphatic rings. The Balaban J connectivity index is 2.15. The third kappa shape index (κ3) is 3.76. The number of aliphatic hydroxyl groups is 2. The molecule has 4 nitrogen and oxygen atoms in total. The van der Waals surface area contributed by atoms with E-state index in [1.165, 1.54) is 0 Å². The van der Waals surface area contributed by atoms with Crippen molar-refractivity contribution in [1.29, 1.82) is 0 Å². The number of hydrogen-bond acceptors (Lipinski definition) is 4. The molecule has 0 saturated carbocycles. The van der Waals surface area contributed by atoms with Crippen molar-refractivity contribution in [3.63, 3.8) is 0 Å². The highest BCUT2D eigenvalue weighted by Crippen LogP contribution is 2.42. The number of hydrogen-bond donors (Lipinski definition) is 2. The van der Waals surface area contributed by atoms with Crippen molar-refractivity contribution in [1.82, 2.24) is 0 Å². The molecule has 3 aromatic carbocycles. The molecule has 0 aliphatic carbocycles. The highest BCUT2D eigenvalue weighted by Gasteiger charge is 2.17. The van der Waals surface area contributed by atoms with Crippen LogP contribution in [0.15, 0.2) is 48.5 Å². The van der Waals surface area contributed by atoms with Crippen molar-refractivity contribution < 1.29 is 19.7 Å². The van der Waals surface area contributed by atoms with Gasteiger partial charge < -0.3 is 19.7 Å². The fraction of sp³-hybridized carbons (Fsp3) is 0.364. The van der Waals surface area contributed by atoms with Gasteiger partial charge >= 0.3 is 0 Å². The van der Waals surface area contributed by atoms with Gasteiger partial charge in [-0.1, -0.05) is 62.4 Å². The Morgan fingerprint density at radius 1 is 0.654 bits per heavy atom. The zero-order chi connectivity index (χ0) is 18.5. The maximum atomic E-state index is 9.91. The van der Waals surface area contributed by atoms with Crippen molar-refractivity contribution in [2.24, 2.45) is 0 Å². The predicted molar refractivity (Wildman–Crippen MR) is 105 cm³/mol. The minimum absolute atomic E-state index is 0.249. The monoisotopic (exact) mass is 354 g/mol. The molecule has 2 N–H and O–H groups in total. The van der Waals surface area contributed by atoms with E-state index in [0.717, 1.165) is 33.0 Å². The van der Waals surface area contributed by atoms with Crippen molar-refractivity contribution >= 4 is 21.5 Å². The van der Waals surface area contributed by atoms with E-state index in [9.17, 15) is 10.2 Å². The fourth-order valence-electron chi connectivity index (χ4n) is 2.95. The highest BCUT2D eigenvalue weighted by atomic mass is 16.5. The molecule has 0 radical (unpaired) electrons. The zero-order valence-corrected chi connectivity index (χ0v) is 15.3. The summed E-state index contributed by atoms with van der Waals surface area (Å²) >= 11 is 0. The lowest BCUT2D eigenvalue weighted by Gasteiger charge is -2.19. The molecule has 0 spiro atoms. The molecular weight excluding hydrogens is 328 g/mol. The van der Waals surface area contributed by atoms with E-state index >= 15 is 0 Å². The molecule has 4 heteroatoms. The van der Waals surface area contributed by atoms with Crippen LogP contribution in [0, 0.1) is 0 Å². The number of fused-ring (bicyclic) bond motifs is 2. The lowest BCUT2D eigenvalue weighted by Crippen LogP contribution is -2.17. The molecular formula is C22H26O4. The Labute approximate surface area is 154 Å². The van der Waals surface area contributed by atoms with Crippen LogP contribution in [-0.4, -0.2) is 35.6 Å². The average molecular weight is 354 g/mol. The van der Waals surface area contributed by atoms with Gasteiger partial charge in [0.25, 0.3) is 0 Å². The minimum Gasteiger partial charge on any atom is -0.490 e. The third-order valence-electron chi connectivity index (χ3n) is 4.62. The van der Waals surface area contributed by atoms with Crippen LogP contribution in [0.5, 0.6) is 11.5 Å². The van der Waals surface area contributed by atoms with Gasteiger partial charge in [0.1, 0.15) is 24.7 Å². The first-order valence-corrected chi connectivity index (χ1v) is 9.20. The Morgan fingerprint density at radius 2 is 0.962 bits per heavy atom. The normalized spacial score (nSPS) is 13.7. The number of ether oxygens (including phenoxy) is 2. The molecule has 0 amide bonds. The van der Waals surface area contributed by atoms with Crippen LogP contribution in [0.3, 0.4) is 0 Å². The van der Waals surface area contributed by atoms with Crippen LogP contribution in [-0.2, 0) is 0 Å². The standard InChI is InChI=1S/C22H26O4/c1-3-15(23)13-25-21-17-9-5-7-11-19(17)22(26-14-16(24)4-2)20-12-8-6-10-18(20)21/h5-12,15-16,23-24H,3-4,13-14H2,1-2H3. The molecule has 138 valence electrons. The summed E-state index contributed by atoms with van der Waals surface area (Å²) in [6.07, 6.45) is 0.295. The minimum atomic E-state index is -0.497. The molecule has 0 bridgehead atoms. The number of benzene rings is 3. The number of rotatable bonds is 8. The Morgan fingerprint density at radius 3 is 1.23 bits per heavy atom. The first kappa shape index (κ1) is 18.5. The van der Waals surface area contributed by atoms with E-state index in [1.807, 2.05) is 62.4 Å². The molecule has 0 fully saturated rings. The lowest BCUT2D eigenvalue weighted by atomic mass is 10.0. The molecule has 0 saturated heterocycles. The van der Waals surface area contributed by atoms with E-state index in [4.69, 9.17) is 9.47 Å². The summed E-state index contributed by atoms with van der Waals surface area (Å²) in [6.45, 7) is 4.36. The SMILES string of the molecule is CCC(O)COc1c2ccccc2c(OCC(O)CC)c2ccccc12. The van der Waals surface area contributed by atoms with Gasteiger partial charge in [-0.15, -0.1) is 0 Å². The van der Waals surface area contributed by atoms with E-state index in [1.54, 1.807) is 0 Å². The van der Waals surface area contributed by atoms with E-state index in [2.05, 4.69) is 0 Å². The summed E-state index contributed by atoms with van der Waals surface area (Å²) in [5, 5.41) is 23.6. The van der Waals surface area contributed by atoms with Gasteiger partial charge in [-0.25, -0.2) is 0 Å². The lowest BCUT2D eigenvalue weighted by molar-refractivity contribution is 0.105. The maximum absolute atomic E-state index is 9.91. The topological polar surface area (TPSA) is 58.9 Å². The van der Waals surface area contributed by atoms with Gasteiger partial charge in [0, 0.05) is 21.5 Å². The Bertz CT molecular complexity index is 746. The van der Waals surface area contributed by atoms with Crippen LogP contribution in [0.1, 0.15) is 26.7 Å². The smallest absolute Gasteiger partial charge is 0.135 e. The first-order chi connectivity index (χ1) is 12.7. The average Bonchev–Trinajstić information content (AvgIpc) is 2.69. The van der Waals surface area contributed by atoms with E-state index in [-0.39, 0.29) is 13.2 Å². The summed E-state index contributed by atoms with van der Waals surface area (Å²) in [6, 6.07) is 15.8. The highest BCUT2D eigenvalue weighted by molar-refractivity contribution is 6.11. The van der Waals surface area contributed by atoms with Crippen molar-refractivity contribution in [2.75, 3.05) is 13.2 Å². The Kier molecular flexibility index (Phi) is 5.96. The van der Waals surface area contributed by atoms with E-state index in [0.29, 0.717) is 12.8 Å². The summed E-state index contributed by atoms with van der Waals surface area (Å²) < 4.78 is 12.1. The quantitative estimate of drug-likeness (QED) is 0.593. The van der Waals surface area contributed by atoms with Gasteiger partial charge in [0.2, 0.25) is 0 Å². The second-order valence-electron chi connectivity index (χ2n) is 6.50. The summed E-state index contributed by atoms with van der Waals surface area (Å²) in [5.74, 6) is 1.51. The molecule has 26 heavy (non-hydrogen) atoms. The van der Waals surface area contributed by atoms with Crippen molar-refractivity contribution in [3.8, 4) is 11.5 Å². The van der Waals surface area contributed by atoms with Gasteiger partial charge in [0.05, 0.1) is 12.2 Å². The zero-order valence-electron chi connectivity index (χ0n) is 15.3. The van der Waals surface area contributed by atoms with Gasteiger partial charge in [0.15, 0.2) is 0 Å². The molecule has 0 heterocycles. The second-order valence-corrected chi connectivity index (χ2v) is 6.50. The molecule has 2 unspecified atom stereocenters. The van der Waals surface area contributed by atoms with E-state index < -0.39 is 12.2 Å². The van der Waals surface area contributed by atoms with Gasteiger partial charge in [-0.2, -0.15) is 0 Å². The van der Waals surface area contributed by atoms with Crippen LogP contribution in [0.4, 0.5) is 0 Å². The first-order valence-electron chi connectivity index (χ1n) is 9.20. The number of aliphatic hydroxyl groups excluding tert-OH is 2. The molecule has 3 aromatic rings. The predicted octanol–water partition coefficient (Wildman–Crippen LogP) is 4.29. The Hall–Kier alpha value is -2.30. The second kappa shape index (κ2) is 8.39. The third-order valence-corrected chi connectivity index (χ3v) is 4.62. The van der Waals surface area contributed by atoms with Crippen LogP contribution >= 0.6 is 0 Å². The van der Waals surface area contributed by atoms with Gasteiger partial charge in [-0.05, 0) is 12.8 Å². The van der Waals surface area contributed by atoms with Crippen LogP contribution < -0.4 is 9.47 Å².